The highest BCUT2D eigenvalue weighted by Gasteiger charge is 2.23. The van der Waals surface area contributed by atoms with E-state index < -0.39 is 6.17 Å². The van der Waals surface area contributed by atoms with E-state index in [1.54, 1.807) is 13.0 Å². The SMILES string of the molecule is Cc1nc(Cl)cc(N2CC[C@H](F)C2)n1. The van der Waals surface area contributed by atoms with Gasteiger partial charge in [0.15, 0.2) is 0 Å². The molecule has 1 saturated heterocycles. The Morgan fingerprint density at radius 1 is 1.57 bits per heavy atom. The molecule has 1 aliphatic heterocycles. The van der Waals surface area contributed by atoms with E-state index in [0.717, 1.165) is 5.82 Å². The lowest BCUT2D eigenvalue weighted by molar-refractivity contribution is 0.364. The van der Waals surface area contributed by atoms with Crippen molar-refractivity contribution >= 4 is 17.4 Å². The molecule has 0 unspecified atom stereocenters. The summed E-state index contributed by atoms with van der Waals surface area (Å²) in [6.45, 7) is 2.89. The normalized spacial score (nSPS) is 21.6. The van der Waals surface area contributed by atoms with Crippen molar-refractivity contribution < 1.29 is 4.39 Å². The van der Waals surface area contributed by atoms with Crippen molar-refractivity contribution in [2.75, 3.05) is 18.0 Å². The molecule has 0 spiro atoms. The third-order valence-corrected chi connectivity index (χ3v) is 2.44. The van der Waals surface area contributed by atoms with Gasteiger partial charge in [0.1, 0.15) is 23.0 Å². The molecular formula is C9H11ClFN3. The molecule has 2 heterocycles. The van der Waals surface area contributed by atoms with E-state index in [1.807, 2.05) is 4.90 Å². The summed E-state index contributed by atoms with van der Waals surface area (Å²) in [4.78, 5) is 10.1. The van der Waals surface area contributed by atoms with Crippen molar-refractivity contribution in [3.63, 3.8) is 0 Å². The van der Waals surface area contributed by atoms with Crippen LogP contribution < -0.4 is 4.90 Å². The third-order valence-electron chi connectivity index (χ3n) is 2.25. The first-order chi connectivity index (χ1) is 6.65. The quantitative estimate of drug-likeness (QED) is 0.671. The number of rotatable bonds is 1. The number of hydrogen-bond donors (Lipinski definition) is 0. The van der Waals surface area contributed by atoms with Gasteiger partial charge in [0.2, 0.25) is 0 Å². The molecule has 1 atom stereocenters. The Labute approximate surface area is 86.9 Å². The van der Waals surface area contributed by atoms with Gasteiger partial charge in [0.05, 0.1) is 6.54 Å². The maximum absolute atomic E-state index is 12.9. The molecule has 1 aliphatic rings. The second-order valence-corrected chi connectivity index (χ2v) is 3.82. The van der Waals surface area contributed by atoms with Crippen LogP contribution in [0.3, 0.4) is 0 Å². The van der Waals surface area contributed by atoms with Crippen LogP contribution in [0.2, 0.25) is 5.15 Å². The van der Waals surface area contributed by atoms with E-state index in [2.05, 4.69) is 9.97 Å². The lowest BCUT2D eigenvalue weighted by Gasteiger charge is -2.16. The molecule has 0 radical (unpaired) electrons. The van der Waals surface area contributed by atoms with Gasteiger partial charge in [-0.1, -0.05) is 11.6 Å². The molecule has 1 aromatic rings. The molecule has 0 N–H and O–H groups in total. The van der Waals surface area contributed by atoms with Crippen LogP contribution in [0.15, 0.2) is 6.07 Å². The summed E-state index contributed by atoms with van der Waals surface area (Å²) in [5, 5.41) is 0.412. The molecular weight excluding hydrogens is 205 g/mol. The maximum atomic E-state index is 12.9. The lowest BCUT2D eigenvalue weighted by atomic mass is 10.3. The van der Waals surface area contributed by atoms with Crippen LogP contribution in [-0.4, -0.2) is 29.2 Å². The Balaban J connectivity index is 2.23. The van der Waals surface area contributed by atoms with Gasteiger partial charge in [0, 0.05) is 12.6 Å². The van der Waals surface area contributed by atoms with Crippen LogP contribution in [0.4, 0.5) is 10.2 Å². The summed E-state index contributed by atoms with van der Waals surface area (Å²) in [5.74, 6) is 1.34. The average molecular weight is 216 g/mol. The van der Waals surface area contributed by atoms with Crippen LogP contribution in [0, 0.1) is 6.92 Å². The Bertz CT molecular complexity index is 325. The molecule has 0 bridgehead atoms. The minimum atomic E-state index is -0.746. The first-order valence-corrected chi connectivity index (χ1v) is 4.93. The van der Waals surface area contributed by atoms with Crippen molar-refractivity contribution in [2.24, 2.45) is 0 Å². The van der Waals surface area contributed by atoms with E-state index in [-0.39, 0.29) is 0 Å². The van der Waals surface area contributed by atoms with Crippen LogP contribution in [0.1, 0.15) is 12.2 Å². The zero-order chi connectivity index (χ0) is 10.1. The Hall–Kier alpha value is -0.900. The molecule has 5 heteroatoms. The molecule has 3 nitrogen and oxygen atoms in total. The molecule has 2 rings (SSSR count). The molecule has 0 aliphatic carbocycles. The Morgan fingerprint density at radius 3 is 2.93 bits per heavy atom. The molecule has 0 saturated carbocycles. The summed E-state index contributed by atoms with van der Waals surface area (Å²) in [7, 11) is 0. The van der Waals surface area contributed by atoms with Crippen LogP contribution >= 0.6 is 11.6 Å². The van der Waals surface area contributed by atoms with Crippen LogP contribution in [0.5, 0.6) is 0 Å². The smallest absolute Gasteiger partial charge is 0.134 e. The first kappa shape index (κ1) is 9.65. The van der Waals surface area contributed by atoms with E-state index in [1.165, 1.54) is 0 Å². The first-order valence-electron chi connectivity index (χ1n) is 4.55. The van der Waals surface area contributed by atoms with Crippen molar-refractivity contribution in [3.05, 3.63) is 17.0 Å². The zero-order valence-corrected chi connectivity index (χ0v) is 8.63. The van der Waals surface area contributed by atoms with Gasteiger partial charge in [-0.05, 0) is 13.3 Å². The fourth-order valence-electron chi connectivity index (χ4n) is 1.60. The highest BCUT2D eigenvalue weighted by atomic mass is 35.5. The summed E-state index contributed by atoms with van der Waals surface area (Å²) >= 11 is 5.79. The fraction of sp³-hybridized carbons (Fsp3) is 0.556. The van der Waals surface area contributed by atoms with Gasteiger partial charge in [-0.3, -0.25) is 0 Å². The summed E-state index contributed by atoms with van der Waals surface area (Å²) in [5.41, 5.74) is 0. The number of anilines is 1. The number of aryl methyl sites for hydroxylation is 1. The highest BCUT2D eigenvalue weighted by Crippen LogP contribution is 2.21. The van der Waals surface area contributed by atoms with Crippen molar-refractivity contribution in [1.29, 1.82) is 0 Å². The summed E-state index contributed by atoms with van der Waals surface area (Å²) in [6, 6.07) is 1.67. The molecule has 76 valence electrons. The van der Waals surface area contributed by atoms with Gasteiger partial charge in [-0.15, -0.1) is 0 Å². The van der Waals surface area contributed by atoms with Crippen molar-refractivity contribution in [3.8, 4) is 0 Å². The number of aromatic nitrogens is 2. The number of hydrogen-bond acceptors (Lipinski definition) is 3. The van der Waals surface area contributed by atoms with Crippen molar-refractivity contribution in [1.82, 2.24) is 9.97 Å². The monoisotopic (exact) mass is 215 g/mol. The summed E-state index contributed by atoms with van der Waals surface area (Å²) in [6.07, 6.45) is -0.176. The Morgan fingerprint density at radius 2 is 2.36 bits per heavy atom. The van der Waals surface area contributed by atoms with E-state index in [4.69, 9.17) is 11.6 Å². The van der Waals surface area contributed by atoms with Crippen LogP contribution in [-0.2, 0) is 0 Å². The van der Waals surface area contributed by atoms with Gasteiger partial charge >= 0.3 is 0 Å². The molecule has 0 amide bonds. The molecule has 14 heavy (non-hydrogen) atoms. The Kier molecular flexibility index (Phi) is 2.54. The predicted octanol–water partition coefficient (Wildman–Crippen LogP) is 1.99. The molecule has 1 fully saturated rings. The molecule has 0 aromatic carbocycles. The minimum absolute atomic E-state index is 0.410. The zero-order valence-electron chi connectivity index (χ0n) is 7.87. The largest absolute Gasteiger partial charge is 0.353 e. The number of halogens is 2. The second kappa shape index (κ2) is 3.69. The van der Waals surface area contributed by atoms with Gasteiger partial charge in [0.25, 0.3) is 0 Å². The van der Waals surface area contributed by atoms with E-state index in [9.17, 15) is 4.39 Å². The topological polar surface area (TPSA) is 29.0 Å². The van der Waals surface area contributed by atoms with Crippen LogP contribution in [0.25, 0.3) is 0 Å². The van der Waals surface area contributed by atoms with Gasteiger partial charge in [-0.25, -0.2) is 14.4 Å². The average Bonchev–Trinajstić information content (AvgIpc) is 2.50. The van der Waals surface area contributed by atoms with E-state index in [0.29, 0.717) is 30.5 Å². The van der Waals surface area contributed by atoms with Crippen molar-refractivity contribution in [2.45, 2.75) is 19.5 Å². The van der Waals surface area contributed by atoms with Gasteiger partial charge in [-0.2, -0.15) is 0 Å². The minimum Gasteiger partial charge on any atom is -0.353 e. The lowest BCUT2D eigenvalue weighted by Crippen LogP contribution is -2.21. The van der Waals surface area contributed by atoms with Gasteiger partial charge < -0.3 is 4.90 Å². The van der Waals surface area contributed by atoms with E-state index >= 15 is 0 Å². The fourth-order valence-corrected chi connectivity index (χ4v) is 1.82. The summed E-state index contributed by atoms with van der Waals surface area (Å²) < 4.78 is 12.9. The second-order valence-electron chi connectivity index (χ2n) is 3.43. The third kappa shape index (κ3) is 1.95. The maximum Gasteiger partial charge on any atom is 0.134 e. The number of alkyl halides is 1. The molecule has 1 aromatic heterocycles. The predicted molar refractivity (Wildman–Crippen MR) is 53.5 cm³/mol. The standard InChI is InChI=1S/C9H11ClFN3/c1-6-12-8(10)4-9(13-6)14-3-2-7(11)5-14/h4,7H,2-3,5H2,1H3/t7-/m0/s1. The number of nitrogens with zero attached hydrogens (tertiary/aromatic N) is 3. The highest BCUT2D eigenvalue weighted by molar-refractivity contribution is 6.29.